The molecule has 4 nitrogen and oxygen atoms in total. The highest BCUT2D eigenvalue weighted by Crippen LogP contribution is 2.39. The van der Waals surface area contributed by atoms with E-state index in [2.05, 4.69) is 36.4 Å². The van der Waals surface area contributed by atoms with E-state index < -0.39 is 0 Å². The van der Waals surface area contributed by atoms with Crippen molar-refractivity contribution in [2.45, 2.75) is 0 Å². The van der Waals surface area contributed by atoms with Crippen LogP contribution in [0.1, 0.15) is 11.1 Å². The van der Waals surface area contributed by atoms with Gasteiger partial charge in [0.05, 0.1) is 33.2 Å². The Kier molecular flexibility index (Phi) is 3.27. The lowest BCUT2D eigenvalue weighted by Gasteiger charge is -2.13. The number of para-hydroxylation sites is 2. The summed E-state index contributed by atoms with van der Waals surface area (Å²) in [5.74, 6) is 0. The maximum absolute atomic E-state index is 9.62. The average molecular weight is 380 g/mol. The molecule has 0 fully saturated rings. The van der Waals surface area contributed by atoms with E-state index in [1.807, 2.05) is 42.5 Å². The first-order valence-electron chi connectivity index (χ1n) is 9.56. The number of rotatable bonds is 0. The molecule has 6 aromatic rings. The Labute approximate surface area is 171 Å². The first-order valence-corrected chi connectivity index (χ1v) is 9.56. The fourth-order valence-electron chi connectivity index (χ4n) is 4.32. The Morgan fingerprint density at radius 1 is 0.567 bits per heavy atom. The van der Waals surface area contributed by atoms with Gasteiger partial charge in [0.25, 0.3) is 0 Å². The number of nitrogens with zero attached hydrogens (tertiary/aromatic N) is 4. The molecule has 136 valence electrons. The zero-order chi connectivity index (χ0) is 20.2. The van der Waals surface area contributed by atoms with E-state index in [4.69, 9.17) is 9.97 Å². The summed E-state index contributed by atoms with van der Waals surface area (Å²) in [6, 6.07) is 28.1. The summed E-state index contributed by atoms with van der Waals surface area (Å²) in [5, 5.41) is 25.2. The molecule has 0 aliphatic heterocycles. The molecule has 0 aliphatic rings. The van der Waals surface area contributed by atoms with Crippen LogP contribution in [0.3, 0.4) is 0 Å². The molecule has 6 rings (SSSR count). The third-order valence-electron chi connectivity index (χ3n) is 5.68. The Morgan fingerprint density at radius 3 is 1.87 bits per heavy atom. The lowest BCUT2D eigenvalue weighted by atomic mass is 9.92. The number of aromatic nitrogens is 2. The first kappa shape index (κ1) is 16.4. The Bertz CT molecular complexity index is 1760. The topological polar surface area (TPSA) is 73.4 Å². The van der Waals surface area contributed by atoms with Crippen molar-refractivity contribution in [2.24, 2.45) is 0 Å². The summed E-state index contributed by atoms with van der Waals surface area (Å²) in [5.41, 5.74) is 3.89. The van der Waals surface area contributed by atoms with Crippen molar-refractivity contribution < 1.29 is 0 Å². The van der Waals surface area contributed by atoms with Crippen molar-refractivity contribution in [3.8, 4) is 12.1 Å². The van der Waals surface area contributed by atoms with Gasteiger partial charge >= 0.3 is 0 Å². The van der Waals surface area contributed by atoms with Gasteiger partial charge in [-0.1, -0.05) is 48.5 Å². The Hall–Kier alpha value is -4.54. The smallest absolute Gasteiger partial charge is 0.101 e. The van der Waals surface area contributed by atoms with Crippen LogP contribution in [0, 0.1) is 22.7 Å². The molecule has 0 saturated carbocycles. The number of hydrogen-bond acceptors (Lipinski definition) is 4. The molecule has 0 bridgehead atoms. The van der Waals surface area contributed by atoms with Crippen LogP contribution in [0.15, 0.2) is 72.8 Å². The van der Waals surface area contributed by atoms with Crippen LogP contribution in [0.5, 0.6) is 0 Å². The maximum atomic E-state index is 9.62. The molecule has 4 heteroatoms. The van der Waals surface area contributed by atoms with E-state index >= 15 is 0 Å². The second-order valence-electron chi connectivity index (χ2n) is 7.29. The summed E-state index contributed by atoms with van der Waals surface area (Å²) in [6.07, 6.45) is 0. The van der Waals surface area contributed by atoms with Gasteiger partial charge in [0.2, 0.25) is 0 Å². The van der Waals surface area contributed by atoms with E-state index in [0.29, 0.717) is 11.1 Å². The van der Waals surface area contributed by atoms with Gasteiger partial charge in [0.1, 0.15) is 12.1 Å². The van der Waals surface area contributed by atoms with Crippen molar-refractivity contribution in [2.75, 3.05) is 0 Å². The molecular weight excluding hydrogens is 368 g/mol. The second-order valence-corrected chi connectivity index (χ2v) is 7.29. The molecule has 0 saturated heterocycles. The maximum Gasteiger partial charge on any atom is 0.101 e. The minimum absolute atomic E-state index is 0.348. The molecule has 0 radical (unpaired) electrons. The predicted octanol–water partition coefficient (Wildman–Crippen LogP) is 5.99. The largest absolute Gasteiger partial charge is 0.244 e. The lowest BCUT2D eigenvalue weighted by Crippen LogP contribution is -1.94. The summed E-state index contributed by atoms with van der Waals surface area (Å²) < 4.78 is 0. The van der Waals surface area contributed by atoms with Gasteiger partial charge in [-0.3, -0.25) is 0 Å². The highest BCUT2D eigenvalue weighted by Gasteiger charge is 2.16. The van der Waals surface area contributed by atoms with Gasteiger partial charge in [-0.05, 0) is 45.8 Å². The van der Waals surface area contributed by atoms with E-state index in [1.54, 1.807) is 6.07 Å². The average Bonchev–Trinajstić information content (AvgIpc) is 2.81. The molecule has 5 aromatic carbocycles. The first-order chi connectivity index (χ1) is 14.8. The van der Waals surface area contributed by atoms with Crippen LogP contribution in [-0.2, 0) is 0 Å². The third kappa shape index (κ3) is 2.13. The fourth-order valence-corrected chi connectivity index (χ4v) is 4.32. The van der Waals surface area contributed by atoms with Crippen LogP contribution in [0.2, 0.25) is 0 Å². The zero-order valence-corrected chi connectivity index (χ0v) is 15.7. The standard InChI is InChI=1S/C26H12N4/c27-13-16-11-20-21(12-17(16)14-28)26-25(29-22-7-3-4-8-23(22)30-26)19-10-9-15-5-1-2-6-18(15)24(19)20/h1-12H. The minimum atomic E-state index is 0.348. The van der Waals surface area contributed by atoms with Crippen LogP contribution in [0.25, 0.3) is 54.4 Å². The lowest BCUT2D eigenvalue weighted by molar-refractivity contribution is 1.41. The quantitative estimate of drug-likeness (QED) is 0.240. The zero-order valence-electron chi connectivity index (χ0n) is 15.7. The van der Waals surface area contributed by atoms with Crippen molar-refractivity contribution in [1.82, 2.24) is 9.97 Å². The Morgan fingerprint density at radius 2 is 1.17 bits per heavy atom. The van der Waals surface area contributed by atoms with Crippen molar-refractivity contribution in [3.63, 3.8) is 0 Å². The van der Waals surface area contributed by atoms with Crippen LogP contribution in [-0.4, -0.2) is 9.97 Å². The van der Waals surface area contributed by atoms with Gasteiger partial charge < -0.3 is 0 Å². The van der Waals surface area contributed by atoms with Crippen LogP contribution < -0.4 is 0 Å². The molecule has 1 heterocycles. The predicted molar refractivity (Wildman–Crippen MR) is 119 cm³/mol. The molecule has 0 amide bonds. The molecule has 0 unspecified atom stereocenters. The molecule has 0 aliphatic carbocycles. The second kappa shape index (κ2) is 5.98. The van der Waals surface area contributed by atoms with E-state index in [1.165, 1.54) is 0 Å². The van der Waals surface area contributed by atoms with Crippen molar-refractivity contribution in [1.29, 1.82) is 10.5 Å². The molecule has 30 heavy (non-hydrogen) atoms. The fraction of sp³-hybridized carbons (Fsp3) is 0. The molecule has 0 spiro atoms. The highest BCUT2D eigenvalue weighted by atomic mass is 14.8. The van der Waals surface area contributed by atoms with Gasteiger partial charge in [0, 0.05) is 10.8 Å². The van der Waals surface area contributed by atoms with Crippen LogP contribution in [0.4, 0.5) is 0 Å². The van der Waals surface area contributed by atoms with Gasteiger partial charge in [0.15, 0.2) is 0 Å². The summed E-state index contributed by atoms with van der Waals surface area (Å²) in [6.45, 7) is 0. The normalized spacial score (nSPS) is 11.3. The molecule has 0 N–H and O–H groups in total. The number of nitriles is 2. The molecule has 1 aromatic heterocycles. The third-order valence-corrected chi connectivity index (χ3v) is 5.68. The minimum Gasteiger partial charge on any atom is -0.244 e. The van der Waals surface area contributed by atoms with Gasteiger partial charge in [-0.15, -0.1) is 0 Å². The molecule has 0 atom stereocenters. The molecular formula is C26H12N4. The number of hydrogen-bond donors (Lipinski definition) is 0. The van der Waals surface area contributed by atoms with Crippen molar-refractivity contribution in [3.05, 3.63) is 83.9 Å². The Balaban J connectivity index is 2.00. The van der Waals surface area contributed by atoms with Gasteiger partial charge in [-0.2, -0.15) is 10.5 Å². The number of fused-ring (bicyclic) bond motifs is 9. The highest BCUT2D eigenvalue weighted by molar-refractivity contribution is 6.30. The summed E-state index contributed by atoms with van der Waals surface area (Å²) in [7, 11) is 0. The van der Waals surface area contributed by atoms with E-state index in [-0.39, 0.29) is 0 Å². The van der Waals surface area contributed by atoms with Gasteiger partial charge in [-0.25, -0.2) is 9.97 Å². The number of benzene rings is 5. The van der Waals surface area contributed by atoms with Crippen molar-refractivity contribution >= 4 is 54.4 Å². The van der Waals surface area contributed by atoms with E-state index in [9.17, 15) is 10.5 Å². The summed E-state index contributed by atoms with van der Waals surface area (Å²) in [4.78, 5) is 9.86. The summed E-state index contributed by atoms with van der Waals surface area (Å²) >= 11 is 0. The van der Waals surface area contributed by atoms with E-state index in [0.717, 1.165) is 54.4 Å². The SMILES string of the molecule is N#Cc1cc2c(cc1C#N)c1c3ccccc3ccc1c1nc3ccccc3nc21. The monoisotopic (exact) mass is 380 g/mol. The van der Waals surface area contributed by atoms with Crippen LogP contribution >= 0.6 is 0 Å².